The van der Waals surface area contributed by atoms with E-state index in [9.17, 15) is 24.3 Å². The Morgan fingerprint density at radius 1 is 1.31 bits per heavy atom. The van der Waals surface area contributed by atoms with Crippen molar-refractivity contribution in [3.8, 4) is 0 Å². The van der Waals surface area contributed by atoms with Crippen molar-refractivity contribution in [2.75, 3.05) is 44.1 Å². The summed E-state index contributed by atoms with van der Waals surface area (Å²) in [7, 11) is 5.72. The minimum atomic E-state index is -1.41. The molecular formula is C28H34ClN10O7S2+. The van der Waals surface area contributed by atoms with E-state index in [-0.39, 0.29) is 33.2 Å². The zero-order valence-corrected chi connectivity index (χ0v) is 28.7. The van der Waals surface area contributed by atoms with E-state index in [0.717, 1.165) is 47.2 Å². The molecule has 0 radical (unpaired) electrons. The maximum absolute atomic E-state index is 13.4. The Labute approximate surface area is 287 Å². The highest BCUT2D eigenvalue weighted by molar-refractivity contribution is 8.00. The summed E-state index contributed by atoms with van der Waals surface area (Å²) >= 11 is 8.34. The molecule has 48 heavy (non-hydrogen) atoms. The molecule has 20 heteroatoms. The normalized spacial score (nSPS) is 18.4. The first-order chi connectivity index (χ1) is 22.8. The van der Waals surface area contributed by atoms with E-state index in [1.807, 2.05) is 48.9 Å². The van der Waals surface area contributed by atoms with Crippen LogP contribution in [0.4, 0.5) is 11.1 Å². The number of anilines is 2. The van der Waals surface area contributed by atoms with Crippen LogP contribution in [0.2, 0.25) is 4.34 Å². The number of carbonyl (C=O) groups excluding carboxylic acids is 2. The number of β-lactam (4-membered cyclic amide) rings is 1. The maximum atomic E-state index is 13.4. The van der Waals surface area contributed by atoms with E-state index < -0.39 is 47.0 Å². The number of oxime groups is 1. The highest BCUT2D eigenvalue weighted by Gasteiger charge is 2.54. The molecule has 6 N–H and O–H groups in total. The summed E-state index contributed by atoms with van der Waals surface area (Å²) in [5.74, 6) is -3.19. The van der Waals surface area contributed by atoms with Gasteiger partial charge in [0.05, 0.1) is 6.20 Å². The van der Waals surface area contributed by atoms with E-state index in [1.54, 1.807) is 0 Å². The van der Waals surface area contributed by atoms with Crippen LogP contribution in [0.3, 0.4) is 0 Å². The second kappa shape index (κ2) is 14.3. The van der Waals surface area contributed by atoms with Gasteiger partial charge in [0.1, 0.15) is 39.2 Å². The van der Waals surface area contributed by atoms with Gasteiger partial charge in [-0.2, -0.15) is 0 Å². The molecule has 0 aromatic carbocycles. The quantitative estimate of drug-likeness (QED) is 0.0498. The Morgan fingerprint density at radius 3 is 2.69 bits per heavy atom. The molecule has 1 fully saturated rings. The zero-order valence-electron chi connectivity index (χ0n) is 26.3. The molecule has 3 aromatic heterocycles. The lowest BCUT2D eigenvalue weighted by atomic mass is 10.0. The number of hydrogen-bond donors (Lipinski definition) is 5. The van der Waals surface area contributed by atoms with Crippen LogP contribution in [0.1, 0.15) is 19.0 Å². The average Bonchev–Trinajstić information content (AvgIpc) is 3.58. The van der Waals surface area contributed by atoms with Crippen LogP contribution >= 0.6 is 34.7 Å². The van der Waals surface area contributed by atoms with Crippen molar-refractivity contribution in [1.29, 1.82) is 0 Å². The van der Waals surface area contributed by atoms with Crippen molar-refractivity contribution >= 4 is 86.4 Å². The van der Waals surface area contributed by atoms with Crippen molar-refractivity contribution < 1.29 is 38.8 Å². The SMILES string of the molecule is CNCCCn1c(N(C)C)nc2c1ccc[n+]2CC1=C(C(=O)O)N2C(=O)C(NC(=O)/C(=N\O[C@@H](C)C(=O)O)c3nc(N)sc3Cl)C2SC1. The van der Waals surface area contributed by atoms with Gasteiger partial charge in [-0.15, -0.1) is 11.8 Å². The second-order valence-electron chi connectivity index (χ2n) is 11.1. The Hall–Kier alpha value is -4.46. The van der Waals surface area contributed by atoms with Crippen LogP contribution in [0, 0.1) is 0 Å². The van der Waals surface area contributed by atoms with Gasteiger partial charge in [0.25, 0.3) is 11.8 Å². The van der Waals surface area contributed by atoms with E-state index in [2.05, 4.69) is 25.3 Å². The number of nitrogens with one attached hydrogen (secondary N) is 2. The Kier molecular flexibility index (Phi) is 10.4. The number of hydrogen-bond acceptors (Lipinski definition) is 13. The number of thiazole rings is 1. The van der Waals surface area contributed by atoms with Crippen molar-refractivity contribution in [3.63, 3.8) is 0 Å². The number of imidazole rings is 1. The highest BCUT2D eigenvalue weighted by Crippen LogP contribution is 2.40. The molecule has 5 heterocycles. The number of aromatic nitrogens is 4. The van der Waals surface area contributed by atoms with Gasteiger partial charge in [0.2, 0.25) is 6.10 Å². The van der Waals surface area contributed by atoms with Crippen molar-refractivity contribution in [1.82, 2.24) is 30.1 Å². The number of aryl methyl sites for hydroxylation is 1. The fraction of sp³-hybridized carbons (Fsp3) is 0.429. The molecule has 2 unspecified atom stereocenters. The first-order valence-electron chi connectivity index (χ1n) is 14.6. The lowest BCUT2D eigenvalue weighted by molar-refractivity contribution is -0.664. The fourth-order valence-corrected chi connectivity index (χ4v) is 7.54. The molecule has 2 aliphatic rings. The van der Waals surface area contributed by atoms with Gasteiger partial charge in [0.15, 0.2) is 10.8 Å². The molecule has 0 spiro atoms. The molecule has 0 bridgehead atoms. The topological polar surface area (TPSA) is 221 Å². The number of carboxylic acids is 2. The number of rotatable bonds is 14. The summed E-state index contributed by atoms with van der Waals surface area (Å²) in [6.45, 7) is 2.93. The number of carboxylic acid groups (broad SMARTS) is 2. The van der Waals surface area contributed by atoms with E-state index in [4.69, 9.17) is 32.3 Å². The van der Waals surface area contributed by atoms with E-state index in [1.165, 1.54) is 18.7 Å². The molecule has 5 rings (SSSR count). The number of nitrogens with two attached hydrogens (primary N) is 1. The number of pyridine rings is 1. The maximum Gasteiger partial charge on any atom is 0.352 e. The molecule has 2 amide bonds. The fourth-order valence-electron chi connectivity index (χ4n) is 5.28. The Bertz CT molecular complexity index is 1840. The Balaban J connectivity index is 1.40. The number of amides is 2. The minimum Gasteiger partial charge on any atom is -0.478 e. The van der Waals surface area contributed by atoms with Crippen LogP contribution in [-0.4, -0.2) is 110 Å². The smallest absolute Gasteiger partial charge is 0.352 e. The van der Waals surface area contributed by atoms with Gasteiger partial charge in [-0.3, -0.25) is 19.1 Å². The van der Waals surface area contributed by atoms with Crippen LogP contribution < -0.4 is 25.8 Å². The zero-order chi connectivity index (χ0) is 34.9. The first-order valence-corrected chi connectivity index (χ1v) is 16.9. The monoisotopic (exact) mass is 721 g/mol. The van der Waals surface area contributed by atoms with Gasteiger partial charge in [-0.25, -0.2) is 19.1 Å². The molecule has 17 nitrogen and oxygen atoms in total. The summed E-state index contributed by atoms with van der Waals surface area (Å²) in [6, 6.07) is 2.72. The third-order valence-electron chi connectivity index (χ3n) is 7.56. The van der Waals surface area contributed by atoms with E-state index in [0.29, 0.717) is 11.2 Å². The first kappa shape index (κ1) is 34.9. The second-order valence-corrected chi connectivity index (χ2v) is 13.8. The minimum absolute atomic E-state index is 0.00431. The third-order valence-corrected chi connectivity index (χ3v) is 9.98. The van der Waals surface area contributed by atoms with Crippen LogP contribution in [0.15, 0.2) is 34.8 Å². The largest absolute Gasteiger partial charge is 0.478 e. The van der Waals surface area contributed by atoms with Crippen molar-refractivity contribution in [2.24, 2.45) is 5.16 Å². The van der Waals surface area contributed by atoms with Crippen LogP contribution in [0.5, 0.6) is 0 Å². The summed E-state index contributed by atoms with van der Waals surface area (Å²) in [5, 5.41) is 28.1. The molecule has 0 aliphatic carbocycles. The Morgan fingerprint density at radius 2 is 2.06 bits per heavy atom. The van der Waals surface area contributed by atoms with Crippen molar-refractivity contribution in [3.05, 3.63) is 39.6 Å². The summed E-state index contributed by atoms with van der Waals surface area (Å²) in [6.07, 6.45) is 1.29. The van der Waals surface area contributed by atoms with Gasteiger partial charge in [-0.05, 0) is 44.1 Å². The lowest BCUT2D eigenvalue weighted by Gasteiger charge is -2.49. The van der Waals surface area contributed by atoms with Crippen LogP contribution in [-0.2, 0) is 37.1 Å². The number of carbonyl (C=O) groups is 4. The molecule has 256 valence electrons. The highest BCUT2D eigenvalue weighted by atomic mass is 35.5. The molecular weight excluding hydrogens is 688 g/mol. The van der Waals surface area contributed by atoms with Crippen molar-refractivity contribution in [2.45, 2.75) is 44.0 Å². The van der Waals surface area contributed by atoms with E-state index >= 15 is 0 Å². The molecule has 3 atom stereocenters. The number of nitrogens with zero attached hydrogens (tertiary/aromatic N) is 7. The summed E-state index contributed by atoms with van der Waals surface area (Å²) in [5.41, 5.74) is 6.97. The molecule has 0 saturated carbocycles. The summed E-state index contributed by atoms with van der Waals surface area (Å²) < 4.78 is 3.98. The predicted octanol–water partition coefficient (Wildman–Crippen LogP) is 0.324. The third kappa shape index (κ3) is 6.75. The number of fused-ring (bicyclic) bond motifs is 2. The molecule has 2 aliphatic heterocycles. The predicted molar refractivity (Wildman–Crippen MR) is 179 cm³/mol. The number of halogens is 1. The van der Waals surface area contributed by atoms with Gasteiger partial charge < -0.3 is 36.3 Å². The van der Waals surface area contributed by atoms with Gasteiger partial charge in [0, 0.05) is 32.0 Å². The number of thioether (sulfide) groups is 1. The lowest BCUT2D eigenvalue weighted by Crippen LogP contribution is -2.71. The van der Waals surface area contributed by atoms with Crippen LogP contribution in [0.25, 0.3) is 11.2 Å². The average molecular weight is 722 g/mol. The number of aliphatic carboxylic acids is 2. The van der Waals surface area contributed by atoms with Gasteiger partial charge >= 0.3 is 23.5 Å². The van der Waals surface area contributed by atoms with Gasteiger partial charge in [-0.1, -0.05) is 28.1 Å². The number of nitrogen functional groups attached to an aromatic ring is 1. The molecule has 1 saturated heterocycles. The molecule has 3 aromatic rings. The summed E-state index contributed by atoms with van der Waals surface area (Å²) in [4.78, 5) is 67.6. The standard InChI is InChI=1S/C28H33ClN10O7S2/c1-13(25(42)43)46-35-17(16-20(29)48-27(30)33-16)22(40)32-18-23(41)39-19(26(44)45)14(12-47-24(18)39)11-37-9-5-7-15-21(37)34-28(36(3)4)38(15)10-6-8-31-2/h5,7,9,13,18,24,31H,6,8,10-12H2,1-4H3,(H4-,30,32,33,40,42,43,44,45)/p+1/b35-17-/t13-,18?,24?/m0/s1.